The monoisotopic (exact) mass is 1060 g/mol. The van der Waals surface area contributed by atoms with Gasteiger partial charge in [-0.3, -0.25) is 9.55 Å². The number of nitrogens with zero attached hydrogens (tertiary/aromatic N) is 3. The van der Waals surface area contributed by atoms with Gasteiger partial charge in [-0.05, 0) is 147 Å². The van der Waals surface area contributed by atoms with E-state index in [0.29, 0.717) is 11.4 Å². The van der Waals surface area contributed by atoms with Crippen molar-refractivity contribution in [2.24, 2.45) is 0 Å². The van der Waals surface area contributed by atoms with E-state index in [-0.39, 0.29) is 43.1 Å². The Kier molecular flexibility index (Phi) is 12.4. The van der Waals surface area contributed by atoms with E-state index in [0.717, 1.165) is 66.6 Å². The molecule has 0 bridgehead atoms. The third kappa shape index (κ3) is 9.06. The van der Waals surface area contributed by atoms with Crippen LogP contribution in [-0.2, 0) is 37.3 Å². The van der Waals surface area contributed by atoms with Gasteiger partial charge in [-0.1, -0.05) is 146 Å². The fourth-order valence-electron chi connectivity index (χ4n) is 9.60. The summed E-state index contributed by atoms with van der Waals surface area (Å²) in [4.78, 5) is 10.6. The zero-order valence-corrected chi connectivity index (χ0v) is 43.6. The number of benzene rings is 7. The molecule has 0 radical (unpaired) electrons. The molecule has 0 saturated heterocycles. The Balaban J connectivity index is 0.00000608. The summed E-state index contributed by atoms with van der Waals surface area (Å²) in [6, 6.07) is 49.9. The maximum absolute atomic E-state index is 11.8. The number of imidazole rings is 1. The molecular formula is C62H62N3OPt-. The minimum Gasteiger partial charge on any atom is -0.507 e. The normalized spacial score (nSPS) is 12.2. The van der Waals surface area contributed by atoms with Crippen LogP contribution in [0.4, 0.5) is 0 Å². The maximum Gasteiger partial charge on any atom is 0.148 e. The molecule has 2 heterocycles. The zero-order chi connectivity index (χ0) is 47.0. The van der Waals surface area contributed by atoms with Gasteiger partial charge in [0.25, 0.3) is 0 Å². The molecule has 9 aromatic rings. The van der Waals surface area contributed by atoms with Crippen LogP contribution in [0.25, 0.3) is 83.5 Å². The number of hydrogen-bond donors (Lipinski definition) is 1. The minimum absolute atomic E-state index is 0. The third-order valence-electron chi connectivity index (χ3n) is 13.3. The van der Waals surface area contributed by atoms with Gasteiger partial charge in [-0.2, -0.15) is 0 Å². The van der Waals surface area contributed by atoms with Crippen LogP contribution in [0.15, 0.2) is 134 Å². The van der Waals surface area contributed by atoms with Crippen molar-refractivity contribution in [2.45, 2.75) is 106 Å². The summed E-state index contributed by atoms with van der Waals surface area (Å²) in [5.41, 5.74) is 21.3. The summed E-state index contributed by atoms with van der Waals surface area (Å²) < 4.78 is 2.24. The maximum atomic E-state index is 11.8. The molecule has 0 unspecified atom stereocenters. The van der Waals surface area contributed by atoms with E-state index < -0.39 is 0 Å². The summed E-state index contributed by atoms with van der Waals surface area (Å²) in [6.07, 6.45) is 1.91. The molecule has 0 spiro atoms. The number of phenols is 1. The average molecular weight is 1060 g/mol. The molecule has 2 aromatic heterocycles. The molecule has 0 aliphatic heterocycles. The quantitative estimate of drug-likeness (QED) is 0.169. The van der Waals surface area contributed by atoms with Crippen molar-refractivity contribution < 1.29 is 26.2 Å². The van der Waals surface area contributed by atoms with E-state index >= 15 is 0 Å². The van der Waals surface area contributed by atoms with Gasteiger partial charge in [0.05, 0.1) is 16.6 Å². The first-order chi connectivity index (χ1) is 31.2. The molecule has 0 saturated carbocycles. The van der Waals surface area contributed by atoms with Gasteiger partial charge in [-0.25, -0.2) is 4.98 Å². The van der Waals surface area contributed by atoms with Gasteiger partial charge in [0.15, 0.2) is 0 Å². The summed E-state index contributed by atoms with van der Waals surface area (Å²) in [6.45, 7) is 28.8. The van der Waals surface area contributed by atoms with Gasteiger partial charge >= 0.3 is 0 Å². The van der Waals surface area contributed by atoms with E-state index in [9.17, 15) is 5.11 Å². The number of aryl methyl sites for hydroxylation is 4. The number of rotatable bonds is 6. The van der Waals surface area contributed by atoms with Gasteiger partial charge in [0.1, 0.15) is 11.6 Å². The van der Waals surface area contributed by atoms with Crippen molar-refractivity contribution in [2.75, 3.05) is 0 Å². The molecule has 5 heteroatoms. The first kappa shape index (κ1) is 47.4. The van der Waals surface area contributed by atoms with Crippen molar-refractivity contribution >= 4 is 21.9 Å². The van der Waals surface area contributed by atoms with Crippen molar-refractivity contribution in [1.82, 2.24) is 14.5 Å². The van der Waals surface area contributed by atoms with E-state index in [1.807, 2.05) is 18.3 Å². The van der Waals surface area contributed by atoms with Crippen LogP contribution in [0.2, 0.25) is 0 Å². The molecule has 7 aromatic carbocycles. The van der Waals surface area contributed by atoms with Crippen molar-refractivity contribution in [1.29, 1.82) is 0 Å². The van der Waals surface area contributed by atoms with Crippen molar-refractivity contribution in [3.8, 4) is 67.3 Å². The molecule has 0 amide bonds. The Morgan fingerprint density at radius 2 is 1.06 bits per heavy atom. The fraction of sp³-hybridized carbons (Fsp3) is 0.258. The second kappa shape index (κ2) is 17.5. The largest absolute Gasteiger partial charge is 0.507 e. The van der Waals surface area contributed by atoms with Crippen LogP contribution in [0.1, 0.15) is 101 Å². The number of pyridine rings is 1. The number of aromatic hydroxyl groups is 1. The van der Waals surface area contributed by atoms with Gasteiger partial charge in [-0.15, -0.1) is 35.4 Å². The van der Waals surface area contributed by atoms with Gasteiger partial charge < -0.3 is 5.11 Å². The van der Waals surface area contributed by atoms with Crippen LogP contribution in [0.3, 0.4) is 0 Å². The van der Waals surface area contributed by atoms with Crippen molar-refractivity contribution in [3.63, 3.8) is 0 Å². The predicted octanol–water partition coefficient (Wildman–Crippen LogP) is 16.5. The molecule has 0 aliphatic rings. The van der Waals surface area contributed by atoms with E-state index in [1.165, 1.54) is 44.5 Å². The van der Waals surface area contributed by atoms with Crippen LogP contribution in [0.5, 0.6) is 5.75 Å². The van der Waals surface area contributed by atoms with Crippen molar-refractivity contribution in [3.05, 3.63) is 179 Å². The average Bonchev–Trinajstić information content (AvgIpc) is 3.64. The summed E-state index contributed by atoms with van der Waals surface area (Å²) in [5.74, 6) is 0.865. The van der Waals surface area contributed by atoms with Gasteiger partial charge in [0, 0.05) is 38.5 Å². The molecule has 1 N–H and O–H groups in total. The summed E-state index contributed by atoms with van der Waals surface area (Å²) >= 11 is 0. The SMILES string of the molecule is Cc1cc(C)c(-c2cc(-c3[c-]c(-c4cc(-c5ccc(C(C)(C)C)cc5)cc5c4nc(-c4cc(C(C)(C)C)ccc4O)n5-c4ccc(C(C)(C)C)cc4)ccc3)c3nccc(C)c3c2)c(C)c1.[Pt]. The number of phenolic OH excluding ortho intramolecular Hbond substituents is 1. The molecule has 0 aliphatic carbocycles. The summed E-state index contributed by atoms with van der Waals surface area (Å²) in [5, 5.41) is 12.9. The van der Waals surface area contributed by atoms with Gasteiger partial charge in [0.2, 0.25) is 0 Å². The van der Waals surface area contributed by atoms with Crippen LogP contribution in [-0.4, -0.2) is 19.6 Å². The number of hydrogen-bond acceptors (Lipinski definition) is 3. The number of fused-ring (bicyclic) bond motifs is 2. The Morgan fingerprint density at radius 3 is 1.66 bits per heavy atom. The smallest absolute Gasteiger partial charge is 0.148 e. The van der Waals surface area contributed by atoms with Crippen LogP contribution >= 0.6 is 0 Å². The molecule has 67 heavy (non-hydrogen) atoms. The van der Waals surface area contributed by atoms with E-state index in [4.69, 9.17) is 9.97 Å². The Bertz CT molecular complexity index is 3310. The molecule has 0 atom stereocenters. The molecule has 4 nitrogen and oxygen atoms in total. The molecular weight excluding hydrogens is 998 g/mol. The zero-order valence-electron chi connectivity index (χ0n) is 41.3. The minimum atomic E-state index is -0.147. The second-order valence-corrected chi connectivity index (χ2v) is 21.6. The first-order valence-corrected chi connectivity index (χ1v) is 23.3. The topological polar surface area (TPSA) is 50.9 Å². The molecule has 9 rings (SSSR count). The predicted molar refractivity (Wildman–Crippen MR) is 279 cm³/mol. The van der Waals surface area contributed by atoms with Crippen LogP contribution in [0, 0.1) is 33.8 Å². The van der Waals surface area contributed by atoms with E-state index in [2.05, 4.69) is 216 Å². The van der Waals surface area contributed by atoms with E-state index in [1.54, 1.807) is 0 Å². The Hall–Kier alpha value is -6.09. The van der Waals surface area contributed by atoms with Crippen LogP contribution < -0.4 is 0 Å². The molecule has 342 valence electrons. The Morgan fingerprint density at radius 1 is 0.507 bits per heavy atom. The molecule has 0 fully saturated rings. The first-order valence-electron chi connectivity index (χ1n) is 23.3. The standard InChI is InChI=1S/C62H62N3O.Pt/c1-37-29-39(3)56(40(4)30-37)45-33-50-38(2)27-28-63-57(50)51(34-45)42-15-14-16-43(31-42)52-32-44(41-17-19-46(20-18-41)60(5,6)7)35-54-58(52)64-59(53-36-48(62(11,12)13)23-26-55(53)66)65(54)49-24-21-47(22-25-49)61(8,9)10;/h14-30,32-36,66H,1-13H3;/q-1;. The third-order valence-corrected chi connectivity index (χ3v) is 13.3. The second-order valence-electron chi connectivity index (χ2n) is 21.6. The number of aromatic nitrogens is 3. The summed E-state index contributed by atoms with van der Waals surface area (Å²) in [7, 11) is 0. The fourth-order valence-corrected chi connectivity index (χ4v) is 9.60. The Labute approximate surface area is 412 Å².